The Morgan fingerprint density at radius 2 is 2.14 bits per heavy atom. The minimum absolute atomic E-state index is 0.0738. The van der Waals surface area contributed by atoms with Crippen molar-refractivity contribution < 1.29 is 19.1 Å². The third-order valence-corrected chi connectivity index (χ3v) is 4.89. The van der Waals surface area contributed by atoms with Gasteiger partial charge in [-0.3, -0.25) is 9.59 Å². The van der Waals surface area contributed by atoms with Crippen LogP contribution in [0, 0.1) is 17.7 Å². The second-order valence-corrected chi connectivity index (χ2v) is 6.45. The summed E-state index contributed by atoms with van der Waals surface area (Å²) in [6.45, 7) is 0.833. The summed E-state index contributed by atoms with van der Waals surface area (Å²) in [6, 6.07) is 4.52. The molecule has 1 aliphatic heterocycles. The van der Waals surface area contributed by atoms with Gasteiger partial charge in [0.25, 0.3) is 0 Å². The van der Waals surface area contributed by atoms with Crippen molar-refractivity contribution in [3.8, 4) is 0 Å². The lowest BCUT2D eigenvalue weighted by atomic mass is 9.97. The van der Waals surface area contributed by atoms with Gasteiger partial charge in [-0.1, -0.05) is 17.7 Å². The van der Waals surface area contributed by atoms with Gasteiger partial charge < -0.3 is 10.0 Å². The van der Waals surface area contributed by atoms with E-state index < -0.39 is 11.9 Å². The second kappa shape index (κ2) is 5.88. The van der Waals surface area contributed by atoms with E-state index in [0.29, 0.717) is 36.4 Å². The van der Waals surface area contributed by atoms with Crippen LogP contribution in [0.2, 0.25) is 5.02 Å². The van der Waals surface area contributed by atoms with Gasteiger partial charge in [0.05, 0.1) is 5.92 Å². The summed E-state index contributed by atoms with van der Waals surface area (Å²) < 4.78 is 13.9. The van der Waals surface area contributed by atoms with Crippen LogP contribution in [-0.2, 0) is 9.59 Å². The van der Waals surface area contributed by atoms with E-state index in [1.165, 1.54) is 6.07 Å². The molecule has 0 unspecified atom stereocenters. The summed E-state index contributed by atoms with van der Waals surface area (Å²) in [5.41, 5.74) is 0.411. The van der Waals surface area contributed by atoms with Crippen molar-refractivity contribution in [3.05, 3.63) is 34.6 Å². The normalized spacial score (nSPS) is 27.5. The third-order valence-electron chi connectivity index (χ3n) is 4.56. The van der Waals surface area contributed by atoms with Crippen LogP contribution >= 0.6 is 11.6 Å². The second-order valence-electron chi connectivity index (χ2n) is 6.05. The van der Waals surface area contributed by atoms with Crippen LogP contribution in [0.4, 0.5) is 4.39 Å². The predicted octanol–water partition coefficient (Wildman–Crippen LogP) is 2.91. The first-order valence-corrected chi connectivity index (χ1v) is 7.82. The largest absolute Gasteiger partial charge is 0.481 e. The van der Waals surface area contributed by atoms with E-state index in [1.54, 1.807) is 17.0 Å². The number of amides is 1. The number of carbonyl (C=O) groups excluding carboxylic acids is 1. The quantitative estimate of drug-likeness (QED) is 0.929. The van der Waals surface area contributed by atoms with Gasteiger partial charge in [-0.25, -0.2) is 4.39 Å². The highest BCUT2D eigenvalue weighted by atomic mass is 35.5. The molecule has 4 nitrogen and oxygen atoms in total. The van der Waals surface area contributed by atoms with Gasteiger partial charge in [-0.15, -0.1) is 0 Å². The molecule has 1 aliphatic carbocycles. The molecule has 3 atom stereocenters. The van der Waals surface area contributed by atoms with Crippen molar-refractivity contribution in [2.24, 2.45) is 11.8 Å². The first-order chi connectivity index (χ1) is 10.5. The first-order valence-electron chi connectivity index (χ1n) is 7.44. The van der Waals surface area contributed by atoms with Crippen molar-refractivity contribution in [1.29, 1.82) is 0 Å². The summed E-state index contributed by atoms with van der Waals surface area (Å²) in [7, 11) is 0. The molecule has 2 aliphatic rings. The van der Waals surface area contributed by atoms with E-state index in [0.717, 1.165) is 0 Å². The molecule has 3 rings (SSSR count). The Morgan fingerprint density at radius 1 is 1.36 bits per heavy atom. The predicted molar refractivity (Wildman–Crippen MR) is 79.2 cm³/mol. The molecule has 1 aromatic carbocycles. The summed E-state index contributed by atoms with van der Waals surface area (Å²) in [6.07, 6.45) is 1.88. The fourth-order valence-electron chi connectivity index (χ4n) is 3.27. The Hall–Kier alpha value is -1.62. The highest BCUT2D eigenvalue weighted by Gasteiger charge is 2.48. The molecule has 0 radical (unpaired) electrons. The van der Waals surface area contributed by atoms with Crippen LogP contribution in [0.25, 0.3) is 0 Å². The molecule has 1 N–H and O–H groups in total. The molecule has 0 spiro atoms. The number of carboxylic acids is 1. The van der Waals surface area contributed by atoms with Crippen molar-refractivity contribution in [1.82, 2.24) is 4.90 Å². The minimum Gasteiger partial charge on any atom is -0.481 e. The number of halogens is 2. The first kappa shape index (κ1) is 15.3. The molecule has 22 heavy (non-hydrogen) atoms. The summed E-state index contributed by atoms with van der Waals surface area (Å²) in [5, 5.41) is 9.44. The molecule has 1 amide bonds. The lowest BCUT2D eigenvalue weighted by molar-refractivity contribution is -0.146. The molecule has 0 bridgehead atoms. The number of rotatable bonds is 3. The average Bonchev–Trinajstić information content (AvgIpc) is 3.26. The van der Waals surface area contributed by atoms with Gasteiger partial charge in [-0.2, -0.15) is 0 Å². The third kappa shape index (κ3) is 2.82. The number of benzene rings is 1. The zero-order chi connectivity index (χ0) is 15.9. The van der Waals surface area contributed by atoms with E-state index in [1.807, 2.05) is 0 Å². The number of aliphatic carboxylic acids is 1. The van der Waals surface area contributed by atoms with Crippen LogP contribution < -0.4 is 0 Å². The van der Waals surface area contributed by atoms with E-state index in [9.17, 15) is 14.0 Å². The lowest BCUT2D eigenvalue weighted by Crippen LogP contribution is -2.43. The lowest BCUT2D eigenvalue weighted by Gasteiger charge is -2.31. The van der Waals surface area contributed by atoms with Crippen LogP contribution in [0.3, 0.4) is 0 Å². The van der Waals surface area contributed by atoms with Crippen molar-refractivity contribution in [2.45, 2.75) is 25.2 Å². The smallest absolute Gasteiger partial charge is 0.308 e. The maximum Gasteiger partial charge on any atom is 0.308 e. The van der Waals surface area contributed by atoms with Crippen molar-refractivity contribution in [2.75, 3.05) is 13.1 Å². The van der Waals surface area contributed by atoms with Gasteiger partial charge >= 0.3 is 5.97 Å². The molecular weight excluding hydrogens is 309 g/mol. The summed E-state index contributed by atoms with van der Waals surface area (Å²) >= 11 is 6.04. The van der Waals surface area contributed by atoms with Gasteiger partial charge in [-0.05, 0) is 31.4 Å². The average molecular weight is 326 g/mol. The van der Waals surface area contributed by atoms with Crippen LogP contribution in [0.5, 0.6) is 0 Å². The molecule has 1 heterocycles. The highest BCUT2D eigenvalue weighted by molar-refractivity contribution is 6.31. The number of piperidine rings is 1. The summed E-state index contributed by atoms with van der Waals surface area (Å²) in [5.74, 6) is -2.27. The number of hydrogen-bond donors (Lipinski definition) is 1. The Balaban J connectivity index is 1.69. The Labute approximate surface area is 132 Å². The molecule has 0 aromatic heterocycles. The van der Waals surface area contributed by atoms with Gasteiger partial charge in [0.2, 0.25) is 5.91 Å². The molecule has 2 fully saturated rings. The highest BCUT2D eigenvalue weighted by Crippen LogP contribution is 2.51. The minimum atomic E-state index is -0.859. The van der Waals surface area contributed by atoms with Crippen LogP contribution in [0.1, 0.15) is 30.7 Å². The maximum atomic E-state index is 13.9. The van der Waals surface area contributed by atoms with Crippen LogP contribution in [-0.4, -0.2) is 35.0 Å². The Bertz CT molecular complexity index is 601. The van der Waals surface area contributed by atoms with E-state index in [4.69, 9.17) is 16.7 Å². The number of hydrogen-bond acceptors (Lipinski definition) is 2. The number of likely N-dealkylation sites (tertiary alicyclic amines) is 1. The fourth-order valence-corrected chi connectivity index (χ4v) is 3.57. The fraction of sp³-hybridized carbons (Fsp3) is 0.500. The molecule has 1 saturated carbocycles. The van der Waals surface area contributed by atoms with Crippen molar-refractivity contribution in [3.63, 3.8) is 0 Å². The maximum absolute atomic E-state index is 13.9. The van der Waals surface area contributed by atoms with Crippen LogP contribution in [0.15, 0.2) is 18.2 Å². The van der Waals surface area contributed by atoms with E-state index in [-0.39, 0.29) is 30.1 Å². The standard InChI is InChI=1S/C16H17ClFNO3/c17-12-4-1-5-13(18)14(12)10-7-11(10)15(20)19-6-2-3-9(8-19)16(21)22/h1,4-5,9-11H,2-3,6-8H2,(H,21,22)/t9-,10+,11-/m0/s1. The Kier molecular flexibility index (Phi) is 4.08. The Morgan fingerprint density at radius 3 is 2.82 bits per heavy atom. The topological polar surface area (TPSA) is 57.6 Å². The van der Waals surface area contributed by atoms with Gasteiger partial charge in [0.15, 0.2) is 0 Å². The molecule has 118 valence electrons. The van der Waals surface area contributed by atoms with E-state index >= 15 is 0 Å². The molecular formula is C16H17ClFNO3. The molecule has 6 heteroatoms. The zero-order valence-electron chi connectivity index (χ0n) is 12.0. The van der Waals surface area contributed by atoms with E-state index in [2.05, 4.69) is 0 Å². The molecule has 1 aromatic rings. The SMILES string of the molecule is O=C(O)[C@H]1CCCN(C(=O)[C@H]2C[C@H]2c2c(F)cccc2Cl)C1. The van der Waals surface area contributed by atoms with Gasteiger partial charge in [0, 0.05) is 35.5 Å². The monoisotopic (exact) mass is 325 g/mol. The summed E-state index contributed by atoms with van der Waals surface area (Å²) in [4.78, 5) is 25.2. The number of nitrogens with zero attached hydrogens (tertiary/aromatic N) is 1. The number of carbonyl (C=O) groups is 2. The molecule has 1 saturated heterocycles. The number of carboxylic acid groups (broad SMARTS) is 1. The van der Waals surface area contributed by atoms with Gasteiger partial charge in [0.1, 0.15) is 5.82 Å². The van der Waals surface area contributed by atoms with Crippen molar-refractivity contribution >= 4 is 23.5 Å². The zero-order valence-corrected chi connectivity index (χ0v) is 12.7.